The van der Waals surface area contributed by atoms with Crippen LogP contribution in [-0.2, 0) is 13.6 Å². The van der Waals surface area contributed by atoms with Crippen molar-refractivity contribution in [3.63, 3.8) is 0 Å². The Morgan fingerprint density at radius 2 is 1.68 bits per heavy atom. The van der Waals surface area contributed by atoms with Crippen molar-refractivity contribution in [1.29, 1.82) is 0 Å². The van der Waals surface area contributed by atoms with Crippen molar-refractivity contribution in [2.24, 2.45) is 7.05 Å². The summed E-state index contributed by atoms with van der Waals surface area (Å²) in [6.07, 6.45) is 3.89. The molecule has 4 aromatic carbocycles. The first kappa shape index (κ1) is 21.3. The highest BCUT2D eigenvalue weighted by atomic mass is 15.3. The van der Waals surface area contributed by atoms with E-state index in [1.54, 1.807) is 0 Å². The quantitative estimate of drug-likeness (QED) is 0.280. The molecular weight excluding hydrogens is 456 g/mol. The summed E-state index contributed by atoms with van der Waals surface area (Å²) in [4.78, 5) is 12.9. The molecule has 2 N–H and O–H groups in total. The van der Waals surface area contributed by atoms with Gasteiger partial charge >= 0.3 is 0 Å². The maximum atomic E-state index is 4.82. The molecule has 7 rings (SSSR count). The smallest absolute Gasteiger partial charge is 0.159 e. The third-order valence-corrected chi connectivity index (χ3v) is 6.90. The lowest BCUT2D eigenvalue weighted by Gasteiger charge is -2.12. The van der Waals surface area contributed by atoms with E-state index < -0.39 is 0 Å². The number of pyridine rings is 1. The highest BCUT2D eigenvalue weighted by Crippen LogP contribution is 2.35. The number of imidazole rings is 1. The number of nitrogens with zero attached hydrogens (tertiary/aromatic N) is 4. The highest BCUT2D eigenvalue weighted by molar-refractivity contribution is 6.04. The molecule has 0 aliphatic carbocycles. The van der Waals surface area contributed by atoms with Gasteiger partial charge in [0.2, 0.25) is 0 Å². The highest BCUT2D eigenvalue weighted by Gasteiger charge is 2.16. The standard InChI is InChI=1S/C31H24N6/c1-37-29-15-14-21(16-23(29)30(36-37)31-34-27-11-5-6-12-28(27)35-31)24-18-32-19-25-22(24)10-7-13-26(25)33-17-20-8-3-2-4-9-20/h2-16,18-19,33H,17H2,1H3,(H,34,35). The van der Waals surface area contributed by atoms with Crippen molar-refractivity contribution in [3.05, 3.63) is 109 Å². The number of fused-ring (bicyclic) bond motifs is 3. The fraction of sp³-hybridized carbons (Fsp3) is 0.0645. The van der Waals surface area contributed by atoms with Crippen LogP contribution in [0.15, 0.2) is 103 Å². The molecule has 0 aliphatic heterocycles. The van der Waals surface area contributed by atoms with E-state index in [-0.39, 0.29) is 0 Å². The van der Waals surface area contributed by atoms with Gasteiger partial charge in [0.05, 0.1) is 16.6 Å². The van der Waals surface area contributed by atoms with E-state index in [9.17, 15) is 0 Å². The SMILES string of the molecule is Cn1nc(-c2nc3ccccc3[nH]2)c2cc(-c3cncc4c(NCc5ccccc5)cccc34)ccc21. The van der Waals surface area contributed by atoms with E-state index >= 15 is 0 Å². The fourth-order valence-electron chi connectivity index (χ4n) is 5.05. The summed E-state index contributed by atoms with van der Waals surface area (Å²) in [6, 6.07) is 31.3. The molecule has 0 saturated carbocycles. The minimum atomic E-state index is 0.757. The van der Waals surface area contributed by atoms with Crippen LogP contribution in [0.5, 0.6) is 0 Å². The van der Waals surface area contributed by atoms with Crippen LogP contribution >= 0.6 is 0 Å². The number of aryl methyl sites for hydroxylation is 1. The molecule has 3 aromatic heterocycles. The molecule has 0 aliphatic rings. The summed E-state index contributed by atoms with van der Waals surface area (Å²) in [5.74, 6) is 0.771. The predicted molar refractivity (Wildman–Crippen MR) is 150 cm³/mol. The number of H-pyrrole nitrogens is 1. The van der Waals surface area contributed by atoms with Crippen LogP contribution in [0.25, 0.3) is 55.4 Å². The Morgan fingerprint density at radius 1 is 0.811 bits per heavy atom. The summed E-state index contributed by atoms with van der Waals surface area (Å²) in [5, 5.41) is 11.7. The average Bonchev–Trinajstić information content (AvgIpc) is 3.52. The molecule has 6 heteroatoms. The lowest BCUT2D eigenvalue weighted by atomic mass is 9.98. The van der Waals surface area contributed by atoms with Crippen LogP contribution in [0.4, 0.5) is 5.69 Å². The van der Waals surface area contributed by atoms with Crippen molar-refractivity contribution in [1.82, 2.24) is 24.7 Å². The third-order valence-electron chi connectivity index (χ3n) is 6.90. The number of anilines is 1. The Balaban J connectivity index is 1.33. The van der Waals surface area contributed by atoms with E-state index in [0.717, 1.165) is 67.6 Å². The minimum absolute atomic E-state index is 0.757. The Kier molecular flexibility index (Phi) is 4.96. The molecule has 0 bridgehead atoms. The number of hydrogen-bond acceptors (Lipinski definition) is 4. The van der Waals surface area contributed by atoms with Gasteiger partial charge in [0, 0.05) is 48.0 Å². The normalized spacial score (nSPS) is 11.5. The molecular formula is C31H24N6. The largest absolute Gasteiger partial charge is 0.380 e. The summed E-state index contributed by atoms with van der Waals surface area (Å²) < 4.78 is 1.91. The molecule has 178 valence electrons. The molecule has 7 aromatic rings. The van der Waals surface area contributed by atoms with Crippen LogP contribution in [0.1, 0.15) is 5.56 Å². The zero-order valence-electron chi connectivity index (χ0n) is 20.3. The third kappa shape index (κ3) is 3.70. The van der Waals surface area contributed by atoms with Gasteiger partial charge in [-0.15, -0.1) is 0 Å². The predicted octanol–water partition coefficient (Wildman–Crippen LogP) is 6.94. The Hall–Kier alpha value is -4.97. The van der Waals surface area contributed by atoms with Gasteiger partial charge < -0.3 is 10.3 Å². The van der Waals surface area contributed by atoms with Gasteiger partial charge in [-0.2, -0.15) is 5.10 Å². The molecule has 0 atom stereocenters. The minimum Gasteiger partial charge on any atom is -0.380 e. The monoisotopic (exact) mass is 480 g/mol. The number of nitrogens with one attached hydrogen (secondary N) is 2. The van der Waals surface area contributed by atoms with Gasteiger partial charge in [0.15, 0.2) is 5.82 Å². The topological polar surface area (TPSA) is 71.4 Å². The zero-order valence-corrected chi connectivity index (χ0v) is 20.3. The maximum Gasteiger partial charge on any atom is 0.159 e. The Morgan fingerprint density at radius 3 is 2.57 bits per heavy atom. The molecule has 0 spiro atoms. The summed E-state index contributed by atoms with van der Waals surface area (Å²) >= 11 is 0. The molecule has 0 saturated heterocycles. The van der Waals surface area contributed by atoms with Crippen molar-refractivity contribution in [2.75, 3.05) is 5.32 Å². The summed E-state index contributed by atoms with van der Waals surface area (Å²) in [5.41, 5.74) is 8.32. The fourth-order valence-corrected chi connectivity index (χ4v) is 5.05. The van der Waals surface area contributed by atoms with E-state index in [0.29, 0.717) is 0 Å². The first-order valence-electron chi connectivity index (χ1n) is 12.3. The van der Waals surface area contributed by atoms with Gasteiger partial charge in [-0.3, -0.25) is 9.67 Å². The molecule has 3 heterocycles. The van der Waals surface area contributed by atoms with Gasteiger partial charge in [-0.1, -0.05) is 60.7 Å². The van der Waals surface area contributed by atoms with Gasteiger partial charge in [0.1, 0.15) is 5.69 Å². The van der Waals surface area contributed by atoms with Crippen molar-refractivity contribution >= 4 is 38.4 Å². The molecule has 0 fully saturated rings. The van der Waals surface area contributed by atoms with Crippen molar-refractivity contribution in [3.8, 4) is 22.6 Å². The first-order valence-corrected chi connectivity index (χ1v) is 12.3. The second-order valence-corrected chi connectivity index (χ2v) is 9.23. The van der Waals surface area contributed by atoms with Crippen LogP contribution in [0.2, 0.25) is 0 Å². The van der Waals surface area contributed by atoms with Crippen molar-refractivity contribution < 1.29 is 0 Å². The second kappa shape index (κ2) is 8.60. The number of benzene rings is 4. The lowest BCUT2D eigenvalue weighted by molar-refractivity contribution is 0.798. The van der Waals surface area contributed by atoms with Crippen LogP contribution in [-0.4, -0.2) is 24.7 Å². The van der Waals surface area contributed by atoms with Crippen LogP contribution in [0, 0.1) is 0 Å². The molecule has 0 unspecified atom stereocenters. The summed E-state index contributed by atoms with van der Waals surface area (Å²) in [7, 11) is 1.97. The molecule has 0 radical (unpaired) electrons. The van der Waals surface area contributed by atoms with Gasteiger partial charge in [0.25, 0.3) is 0 Å². The zero-order chi connectivity index (χ0) is 24.8. The number of para-hydroxylation sites is 2. The maximum absolute atomic E-state index is 4.82. The number of aromatic amines is 1. The number of hydrogen-bond donors (Lipinski definition) is 2. The lowest BCUT2D eigenvalue weighted by Crippen LogP contribution is -2.00. The first-order chi connectivity index (χ1) is 18.2. The second-order valence-electron chi connectivity index (χ2n) is 9.23. The van der Waals surface area contributed by atoms with Crippen LogP contribution < -0.4 is 5.32 Å². The van der Waals surface area contributed by atoms with E-state index in [4.69, 9.17) is 10.1 Å². The summed E-state index contributed by atoms with van der Waals surface area (Å²) in [6.45, 7) is 0.757. The number of aromatic nitrogens is 5. The van der Waals surface area contributed by atoms with Crippen molar-refractivity contribution in [2.45, 2.75) is 6.54 Å². The Bertz CT molecular complexity index is 1870. The molecule has 6 nitrogen and oxygen atoms in total. The number of rotatable bonds is 5. The van der Waals surface area contributed by atoms with Crippen LogP contribution in [0.3, 0.4) is 0 Å². The van der Waals surface area contributed by atoms with E-state index in [1.165, 1.54) is 5.56 Å². The van der Waals surface area contributed by atoms with Gasteiger partial charge in [-0.05, 0) is 46.8 Å². The molecule has 37 heavy (non-hydrogen) atoms. The van der Waals surface area contributed by atoms with E-state index in [1.807, 2.05) is 54.5 Å². The van der Waals surface area contributed by atoms with E-state index in [2.05, 4.69) is 75.9 Å². The van der Waals surface area contributed by atoms with Gasteiger partial charge in [-0.25, -0.2) is 4.98 Å². The molecule has 0 amide bonds. The Labute approximate surface area is 213 Å². The average molecular weight is 481 g/mol.